The number of para-hydroxylation sites is 1. The summed E-state index contributed by atoms with van der Waals surface area (Å²) >= 11 is 0. The van der Waals surface area contributed by atoms with Crippen LogP contribution in [0.3, 0.4) is 0 Å². The summed E-state index contributed by atoms with van der Waals surface area (Å²) in [5, 5.41) is 11.3. The van der Waals surface area contributed by atoms with E-state index in [-0.39, 0.29) is 0 Å². The zero-order chi connectivity index (χ0) is 6.97. The molecule has 2 rings (SSSR count). The van der Waals surface area contributed by atoms with Crippen LogP contribution in [-0.4, -0.2) is 0 Å². The Morgan fingerprint density at radius 1 is 1.40 bits per heavy atom. The summed E-state index contributed by atoms with van der Waals surface area (Å²) in [6.07, 6.45) is 0. The fraction of sp³-hybridized carbons (Fsp3) is 0.143. The van der Waals surface area contributed by atoms with Crippen LogP contribution in [0.2, 0.25) is 0 Å². The Balaban J connectivity index is 2.51. The van der Waals surface area contributed by atoms with Gasteiger partial charge in [-0.3, -0.25) is 0 Å². The molecule has 0 bridgehead atoms. The van der Waals surface area contributed by atoms with Crippen molar-refractivity contribution in [2.75, 3.05) is 5.23 Å². The lowest BCUT2D eigenvalue weighted by Gasteiger charge is -2.01. The summed E-state index contributed by atoms with van der Waals surface area (Å²) in [7, 11) is 0. The van der Waals surface area contributed by atoms with Gasteiger partial charge in [-0.05, 0) is 6.07 Å². The van der Waals surface area contributed by atoms with Crippen molar-refractivity contribution in [3.63, 3.8) is 0 Å². The van der Waals surface area contributed by atoms with Crippen LogP contribution in [-0.2, 0) is 16.7 Å². The van der Waals surface area contributed by atoms with Gasteiger partial charge in [-0.2, -0.15) is 0 Å². The molecule has 0 spiro atoms. The van der Waals surface area contributed by atoms with Gasteiger partial charge in [-0.15, -0.1) is 0 Å². The molecule has 51 valence electrons. The van der Waals surface area contributed by atoms with E-state index in [2.05, 4.69) is 0 Å². The molecule has 1 aliphatic rings. The van der Waals surface area contributed by atoms with Gasteiger partial charge in [0.1, 0.15) is 12.3 Å². The van der Waals surface area contributed by atoms with Crippen molar-refractivity contribution in [3.8, 4) is 0 Å². The molecule has 0 amide bonds. The molecule has 0 saturated heterocycles. The van der Waals surface area contributed by atoms with Crippen molar-refractivity contribution in [1.82, 2.24) is 0 Å². The quantitative estimate of drug-likeness (QED) is 0.538. The Kier molecular flexibility index (Phi) is 1.12. The SMILES string of the molecule is [O]N1OCc2ccccc21. The molecule has 0 aliphatic carbocycles. The Labute approximate surface area is 58.4 Å². The first kappa shape index (κ1) is 5.70. The van der Waals surface area contributed by atoms with Crippen LogP contribution in [0.25, 0.3) is 0 Å². The van der Waals surface area contributed by atoms with Crippen LogP contribution >= 0.6 is 0 Å². The van der Waals surface area contributed by atoms with Crippen molar-refractivity contribution in [1.29, 1.82) is 0 Å². The highest BCUT2D eigenvalue weighted by molar-refractivity contribution is 5.51. The normalized spacial score (nSPS) is 15.5. The highest BCUT2D eigenvalue weighted by Gasteiger charge is 2.17. The summed E-state index contributed by atoms with van der Waals surface area (Å²) in [5.41, 5.74) is 1.58. The standard InChI is InChI=1S/C7H6NO2/c9-8-7-4-2-1-3-6(7)5-10-8/h1-4H,5H2. The van der Waals surface area contributed by atoms with E-state index in [1.165, 1.54) is 0 Å². The largest absolute Gasteiger partial charge is 0.241 e. The fourth-order valence-electron chi connectivity index (χ4n) is 1.01. The van der Waals surface area contributed by atoms with E-state index in [1.807, 2.05) is 18.2 Å². The average molecular weight is 136 g/mol. The van der Waals surface area contributed by atoms with Crippen LogP contribution in [0.5, 0.6) is 0 Å². The molecule has 3 nitrogen and oxygen atoms in total. The van der Waals surface area contributed by atoms with E-state index >= 15 is 0 Å². The number of benzene rings is 1. The third-order valence-electron chi connectivity index (χ3n) is 1.53. The van der Waals surface area contributed by atoms with E-state index in [0.29, 0.717) is 17.5 Å². The minimum absolute atomic E-state index is 0.402. The lowest BCUT2D eigenvalue weighted by Crippen LogP contribution is -2.08. The lowest BCUT2D eigenvalue weighted by atomic mass is 10.2. The van der Waals surface area contributed by atoms with Crippen LogP contribution in [0.4, 0.5) is 5.69 Å². The number of hydrogen-bond donors (Lipinski definition) is 0. The minimum atomic E-state index is 0.402. The maximum Gasteiger partial charge on any atom is 0.105 e. The molecule has 0 atom stereocenters. The van der Waals surface area contributed by atoms with Crippen molar-refractivity contribution in [2.24, 2.45) is 0 Å². The highest BCUT2D eigenvalue weighted by Crippen LogP contribution is 2.26. The second-order valence-corrected chi connectivity index (χ2v) is 2.16. The van der Waals surface area contributed by atoms with E-state index in [9.17, 15) is 5.21 Å². The predicted octanol–water partition coefficient (Wildman–Crippen LogP) is 1.28. The van der Waals surface area contributed by atoms with Gasteiger partial charge in [0.2, 0.25) is 0 Å². The van der Waals surface area contributed by atoms with E-state index in [1.54, 1.807) is 6.07 Å². The Bertz CT molecular complexity index is 249. The van der Waals surface area contributed by atoms with Gasteiger partial charge < -0.3 is 0 Å². The average Bonchev–Trinajstić information content (AvgIpc) is 2.34. The molecule has 1 radical (unpaired) electrons. The first-order chi connectivity index (χ1) is 4.88. The molecule has 10 heavy (non-hydrogen) atoms. The van der Waals surface area contributed by atoms with Crippen molar-refractivity contribution < 1.29 is 10.0 Å². The molecular formula is C7H6NO2. The monoisotopic (exact) mass is 136 g/mol. The Hall–Kier alpha value is -1.06. The molecule has 0 unspecified atom stereocenters. The maximum absolute atomic E-state index is 10.8. The zero-order valence-electron chi connectivity index (χ0n) is 5.28. The molecular weight excluding hydrogens is 130 g/mol. The second kappa shape index (κ2) is 1.97. The maximum atomic E-state index is 10.8. The van der Waals surface area contributed by atoms with E-state index < -0.39 is 0 Å². The summed E-state index contributed by atoms with van der Waals surface area (Å²) < 4.78 is 0. The number of anilines is 1. The molecule has 0 N–H and O–H groups in total. The summed E-state index contributed by atoms with van der Waals surface area (Å²) in [4.78, 5) is 4.70. The van der Waals surface area contributed by atoms with Crippen LogP contribution in [0.15, 0.2) is 24.3 Å². The van der Waals surface area contributed by atoms with Gasteiger partial charge in [0, 0.05) is 5.56 Å². The number of rotatable bonds is 0. The highest BCUT2D eigenvalue weighted by atomic mass is 16.9. The van der Waals surface area contributed by atoms with Gasteiger partial charge in [-0.1, -0.05) is 28.6 Å². The van der Waals surface area contributed by atoms with Crippen molar-refractivity contribution >= 4 is 5.69 Å². The minimum Gasteiger partial charge on any atom is -0.241 e. The fourth-order valence-corrected chi connectivity index (χ4v) is 1.01. The van der Waals surface area contributed by atoms with E-state index in [4.69, 9.17) is 4.84 Å². The third-order valence-corrected chi connectivity index (χ3v) is 1.53. The number of nitrogens with zero attached hydrogens (tertiary/aromatic N) is 1. The first-order valence-corrected chi connectivity index (χ1v) is 3.06. The number of fused-ring (bicyclic) bond motifs is 1. The van der Waals surface area contributed by atoms with Crippen molar-refractivity contribution in [2.45, 2.75) is 6.61 Å². The third kappa shape index (κ3) is 0.683. The molecule has 3 heteroatoms. The van der Waals surface area contributed by atoms with Crippen molar-refractivity contribution in [3.05, 3.63) is 29.8 Å². The first-order valence-electron chi connectivity index (χ1n) is 3.06. The van der Waals surface area contributed by atoms with Gasteiger partial charge in [-0.25, -0.2) is 4.84 Å². The molecule has 1 aliphatic heterocycles. The zero-order valence-corrected chi connectivity index (χ0v) is 5.28. The molecule has 1 aromatic rings. The Morgan fingerprint density at radius 2 is 2.20 bits per heavy atom. The topological polar surface area (TPSA) is 32.4 Å². The molecule has 0 aromatic heterocycles. The lowest BCUT2D eigenvalue weighted by molar-refractivity contribution is -0.0754. The molecule has 0 fully saturated rings. The van der Waals surface area contributed by atoms with Crippen LogP contribution in [0.1, 0.15) is 5.56 Å². The summed E-state index contributed by atoms with van der Waals surface area (Å²) in [5.74, 6) is 0. The molecule has 1 heterocycles. The summed E-state index contributed by atoms with van der Waals surface area (Å²) in [6, 6.07) is 7.34. The van der Waals surface area contributed by atoms with Gasteiger partial charge in [0.05, 0.1) is 0 Å². The number of hydrogen-bond acceptors (Lipinski definition) is 2. The van der Waals surface area contributed by atoms with Gasteiger partial charge >= 0.3 is 0 Å². The molecule has 1 aromatic carbocycles. The Morgan fingerprint density at radius 3 is 3.00 bits per heavy atom. The summed E-state index contributed by atoms with van der Waals surface area (Å²) in [6.45, 7) is 0.402. The predicted molar refractivity (Wildman–Crippen MR) is 34.4 cm³/mol. The van der Waals surface area contributed by atoms with Gasteiger partial charge in [0.25, 0.3) is 0 Å². The smallest absolute Gasteiger partial charge is 0.105 e. The van der Waals surface area contributed by atoms with Crippen LogP contribution in [0, 0.1) is 0 Å². The second-order valence-electron chi connectivity index (χ2n) is 2.16. The molecule has 0 saturated carbocycles. The van der Waals surface area contributed by atoms with E-state index in [0.717, 1.165) is 5.56 Å². The van der Waals surface area contributed by atoms with Gasteiger partial charge in [0.15, 0.2) is 0 Å². The van der Waals surface area contributed by atoms with Crippen LogP contribution < -0.4 is 5.23 Å².